The molecule has 1 aromatic heterocycles. The first-order valence-electron chi connectivity index (χ1n) is 6.80. The van der Waals surface area contributed by atoms with Gasteiger partial charge in [-0.2, -0.15) is 5.26 Å². The Morgan fingerprint density at radius 3 is 2.52 bits per heavy atom. The summed E-state index contributed by atoms with van der Waals surface area (Å²) in [4.78, 5) is 24.6. The summed E-state index contributed by atoms with van der Waals surface area (Å²) in [5.41, 5.74) is 0.728. The van der Waals surface area contributed by atoms with Crippen molar-refractivity contribution in [3.05, 3.63) is 43.7 Å². The van der Waals surface area contributed by atoms with Gasteiger partial charge in [0.1, 0.15) is 21.7 Å². The molecule has 2 rings (SSSR count). The van der Waals surface area contributed by atoms with Gasteiger partial charge in [-0.1, -0.05) is 23.2 Å². The first-order chi connectivity index (χ1) is 11.8. The molecule has 1 N–H and O–H groups in total. The fraction of sp³-hybridized carbons (Fsp3) is 0.188. The van der Waals surface area contributed by atoms with Gasteiger partial charge < -0.3 is 14.8 Å². The van der Waals surface area contributed by atoms with E-state index in [1.165, 1.54) is 26.4 Å². The number of benzene rings is 1. The van der Waals surface area contributed by atoms with Crippen LogP contribution in [-0.2, 0) is 4.74 Å². The predicted octanol–water partition coefficient (Wildman–Crippen LogP) is 4.28. The van der Waals surface area contributed by atoms with E-state index in [0.717, 1.165) is 11.3 Å². The summed E-state index contributed by atoms with van der Waals surface area (Å²) in [5, 5.41) is 12.6. The van der Waals surface area contributed by atoms with Crippen molar-refractivity contribution < 1.29 is 19.1 Å². The van der Waals surface area contributed by atoms with Crippen LogP contribution in [0.3, 0.4) is 0 Å². The fourth-order valence-corrected chi connectivity index (χ4v) is 3.77. The van der Waals surface area contributed by atoms with Gasteiger partial charge in [-0.05, 0) is 24.6 Å². The molecule has 6 nitrogen and oxygen atoms in total. The molecule has 130 valence electrons. The number of halogens is 2. The minimum atomic E-state index is -0.581. The van der Waals surface area contributed by atoms with Crippen LogP contribution in [0, 0.1) is 18.3 Å². The van der Waals surface area contributed by atoms with Gasteiger partial charge >= 0.3 is 5.97 Å². The molecule has 0 spiro atoms. The van der Waals surface area contributed by atoms with E-state index in [1.54, 1.807) is 6.92 Å². The van der Waals surface area contributed by atoms with E-state index < -0.39 is 11.9 Å². The van der Waals surface area contributed by atoms with Crippen LogP contribution in [0.15, 0.2) is 12.1 Å². The number of esters is 1. The minimum absolute atomic E-state index is 0.106. The molecule has 0 aliphatic heterocycles. The molecule has 0 radical (unpaired) electrons. The van der Waals surface area contributed by atoms with Gasteiger partial charge in [0.25, 0.3) is 5.91 Å². The Balaban J connectivity index is 2.46. The SMILES string of the molecule is COC(=O)c1sc(NC(=O)c2cc(Cl)cc(Cl)c2OC)c(C#N)c1C. The number of nitrogens with zero attached hydrogens (tertiary/aromatic N) is 1. The monoisotopic (exact) mass is 398 g/mol. The molecule has 2 aromatic rings. The zero-order valence-corrected chi connectivity index (χ0v) is 15.7. The number of hydrogen-bond donors (Lipinski definition) is 1. The minimum Gasteiger partial charge on any atom is -0.494 e. The smallest absolute Gasteiger partial charge is 0.348 e. The molecule has 0 atom stereocenters. The lowest BCUT2D eigenvalue weighted by molar-refractivity contribution is 0.0605. The maximum Gasteiger partial charge on any atom is 0.348 e. The molecule has 25 heavy (non-hydrogen) atoms. The van der Waals surface area contributed by atoms with Gasteiger partial charge in [-0.3, -0.25) is 4.79 Å². The van der Waals surface area contributed by atoms with E-state index in [9.17, 15) is 14.9 Å². The van der Waals surface area contributed by atoms with Gasteiger partial charge in [0.2, 0.25) is 0 Å². The summed E-state index contributed by atoms with van der Waals surface area (Å²) in [6, 6.07) is 4.82. The largest absolute Gasteiger partial charge is 0.494 e. The molecule has 0 saturated carbocycles. The number of nitrogens with one attached hydrogen (secondary N) is 1. The van der Waals surface area contributed by atoms with Crippen LogP contribution in [0.4, 0.5) is 5.00 Å². The van der Waals surface area contributed by atoms with Crippen LogP contribution in [0.25, 0.3) is 0 Å². The van der Waals surface area contributed by atoms with Crippen LogP contribution in [-0.4, -0.2) is 26.1 Å². The summed E-state index contributed by atoms with van der Waals surface area (Å²) in [6.45, 7) is 1.60. The molecule has 0 aliphatic rings. The molecule has 0 unspecified atom stereocenters. The van der Waals surface area contributed by atoms with Crippen molar-refractivity contribution in [3.8, 4) is 11.8 Å². The summed E-state index contributed by atoms with van der Waals surface area (Å²) in [6.07, 6.45) is 0. The van der Waals surface area contributed by atoms with Crippen molar-refractivity contribution in [1.29, 1.82) is 5.26 Å². The van der Waals surface area contributed by atoms with Crippen molar-refractivity contribution in [2.45, 2.75) is 6.92 Å². The first kappa shape index (κ1) is 19.1. The molecule has 0 fully saturated rings. The number of thiophene rings is 1. The van der Waals surface area contributed by atoms with Gasteiger partial charge in [-0.25, -0.2) is 4.79 Å². The number of carbonyl (C=O) groups is 2. The van der Waals surface area contributed by atoms with Crippen LogP contribution in [0.1, 0.15) is 31.2 Å². The van der Waals surface area contributed by atoms with E-state index in [2.05, 4.69) is 10.1 Å². The highest BCUT2D eigenvalue weighted by Crippen LogP contribution is 2.36. The lowest BCUT2D eigenvalue weighted by Crippen LogP contribution is -2.13. The number of nitriles is 1. The zero-order valence-electron chi connectivity index (χ0n) is 13.4. The Kier molecular flexibility index (Phi) is 5.90. The standard InChI is InChI=1S/C16H12Cl2N2O4S/c1-7-10(6-19)15(25-13(7)16(22)24-3)20-14(21)9-4-8(17)5-11(18)12(9)23-2/h4-5H,1-3H3,(H,20,21). The number of carbonyl (C=O) groups excluding carboxylic acids is 2. The van der Waals surface area contributed by atoms with Gasteiger partial charge in [-0.15, -0.1) is 11.3 Å². The van der Waals surface area contributed by atoms with Crippen molar-refractivity contribution in [2.24, 2.45) is 0 Å². The molecule has 0 saturated heterocycles. The molecule has 9 heteroatoms. The predicted molar refractivity (Wildman–Crippen MR) is 96.1 cm³/mol. The Morgan fingerprint density at radius 1 is 1.28 bits per heavy atom. The summed E-state index contributed by atoms with van der Waals surface area (Å²) in [7, 11) is 2.61. The Morgan fingerprint density at radius 2 is 1.96 bits per heavy atom. The van der Waals surface area contributed by atoms with Gasteiger partial charge in [0.05, 0.1) is 30.4 Å². The maximum absolute atomic E-state index is 12.6. The maximum atomic E-state index is 12.6. The highest BCUT2D eigenvalue weighted by atomic mass is 35.5. The van der Waals surface area contributed by atoms with E-state index in [-0.39, 0.29) is 36.8 Å². The van der Waals surface area contributed by atoms with Crippen molar-refractivity contribution in [2.75, 3.05) is 19.5 Å². The lowest BCUT2D eigenvalue weighted by Gasteiger charge is -2.11. The average molecular weight is 399 g/mol. The third kappa shape index (κ3) is 3.71. The number of amides is 1. The highest BCUT2D eigenvalue weighted by Gasteiger charge is 2.24. The second-order valence-corrected chi connectivity index (χ2v) is 6.65. The summed E-state index contributed by atoms with van der Waals surface area (Å²) >= 11 is 12.9. The molecule has 1 amide bonds. The number of ether oxygens (including phenoxy) is 2. The Labute approximate surface area is 157 Å². The molecule has 1 heterocycles. The Bertz CT molecular complexity index is 903. The normalized spacial score (nSPS) is 10.1. The van der Waals surface area contributed by atoms with E-state index in [0.29, 0.717) is 5.56 Å². The van der Waals surface area contributed by atoms with Crippen molar-refractivity contribution in [3.63, 3.8) is 0 Å². The zero-order chi connectivity index (χ0) is 18.7. The quantitative estimate of drug-likeness (QED) is 0.776. The van der Waals surface area contributed by atoms with Crippen molar-refractivity contribution >= 4 is 51.4 Å². The number of rotatable bonds is 4. The van der Waals surface area contributed by atoms with Crippen LogP contribution in [0.2, 0.25) is 10.0 Å². The average Bonchev–Trinajstić information content (AvgIpc) is 2.88. The summed E-state index contributed by atoms with van der Waals surface area (Å²) < 4.78 is 9.83. The number of methoxy groups -OCH3 is 2. The second kappa shape index (κ2) is 7.74. The lowest BCUT2D eigenvalue weighted by atomic mass is 10.1. The topological polar surface area (TPSA) is 88.4 Å². The molecule has 0 bridgehead atoms. The molecular formula is C16H12Cl2N2O4S. The fourth-order valence-electron chi connectivity index (χ4n) is 2.13. The van der Waals surface area contributed by atoms with Crippen molar-refractivity contribution in [1.82, 2.24) is 0 Å². The third-order valence-electron chi connectivity index (χ3n) is 3.31. The first-order valence-corrected chi connectivity index (χ1v) is 8.37. The van der Waals surface area contributed by atoms with Crippen LogP contribution >= 0.6 is 34.5 Å². The number of hydrogen-bond acceptors (Lipinski definition) is 6. The van der Waals surface area contributed by atoms with Gasteiger partial charge in [0, 0.05) is 5.02 Å². The second-order valence-electron chi connectivity index (χ2n) is 4.79. The highest BCUT2D eigenvalue weighted by molar-refractivity contribution is 7.18. The van der Waals surface area contributed by atoms with Crippen LogP contribution in [0.5, 0.6) is 5.75 Å². The summed E-state index contributed by atoms with van der Waals surface area (Å²) in [5.74, 6) is -0.998. The molecule has 1 aromatic carbocycles. The Hall–Kier alpha value is -2.27. The third-order valence-corrected chi connectivity index (χ3v) is 5.00. The molecule has 0 aliphatic carbocycles. The van der Waals surface area contributed by atoms with E-state index >= 15 is 0 Å². The van der Waals surface area contributed by atoms with Crippen LogP contribution < -0.4 is 10.1 Å². The number of anilines is 1. The molecular weight excluding hydrogens is 387 g/mol. The van der Waals surface area contributed by atoms with E-state index in [1.807, 2.05) is 6.07 Å². The van der Waals surface area contributed by atoms with E-state index in [4.69, 9.17) is 27.9 Å². The van der Waals surface area contributed by atoms with Gasteiger partial charge in [0.15, 0.2) is 0 Å².